The molecule has 1 N–H and O–H groups in total. The van der Waals surface area contributed by atoms with E-state index in [-0.39, 0.29) is 16.4 Å². The summed E-state index contributed by atoms with van der Waals surface area (Å²) < 4.78 is 51.9. The molecule has 2 aromatic rings. The lowest BCUT2D eigenvalue weighted by Gasteiger charge is -2.04. The van der Waals surface area contributed by atoms with Crippen LogP contribution in [0.25, 0.3) is 10.6 Å². The van der Waals surface area contributed by atoms with E-state index in [2.05, 4.69) is 10.3 Å². The van der Waals surface area contributed by atoms with E-state index in [0.717, 1.165) is 11.3 Å². The Morgan fingerprint density at radius 1 is 1.30 bits per heavy atom. The molecule has 0 saturated carbocycles. The molecule has 0 amide bonds. The lowest BCUT2D eigenvalue weighted by molar-refractivity contribution is -0.141. The molecule has 0 aliphatic carbocycles. The molecule has 0 bridgehead atoms. The van der Waals surface area contributed by atoms with Gasteiger partial charge in [0.1, 0.15) is 10.8 Å². The zero-order chi connectivity index (χ0) is 14.9. The number of aryl methyl sites for hydroxylation is 1. The first-order valence-electron chi connectivity index (χ1n) is 5.81. The predicted octanol–water partition coefficient (Wildman–Crippen LogP) is 4.00. The van der Waals surface area contributed by atoms with Gasteiger partial charge in [-0.15, -0.1) is 11.3 Å². The van der Waals surface area contributed by atoms with Crippen molar-refractivity contribution < 1.29 is 17.6 Å². The quantitative estimate of drug-likeness (QED) is 0.867. The molecule has 20 heavy (non-hydrogen) atoms. The number of aromatic nitrogens is 1. The van der Waals surface area contributed by atoms with Crippen molar-refractivity contribution in [3.63, 3.8) is 0 Å². The maximum absolute atomic E-state index is 13.2. The number of rotatable bonds is 3. The van der Waals surface area contributed by atoms with Crippen LogP contribution in [-0.4, -0.2) is 12.0 Å². The Bertz CT molecular complexity index is 619. The van der Waals surface area contributed by atoms with Crippen molar-refractivity contribution in [1.82, 2.24) is 10.3 Å². The summed E-state index contributed by atoms with van der Waals surface area (Å²) in [7, 11) is 1.57. The van der Waals surface area contributed by atoms with Gasteiger partial charge in [-0.3, -0.25) is 0 Å². The number of hydrogen-bond donors (Lipinski definition) is 1. The molecule has 2 rings (SSSR count). The van der Waals surface area contributed by atoms with Crippen LogP contribution in [0.5, 0.6) is 0 Å². The van der Waals surface area contributed by atoms with Gasteiger partial charge in [-0.1, -0.05) is 0 Å². The highest BCUT2D eigenvalue weighted by Gasteiger charge is 2.37. The first kappa shape index (κ1) is 14.9. The molecule has 0 spiro atoms. The van der Waals surface area contributed by atoms with Crippen LogP contribution in [0.1, 0.15) is 16.1 Å². The van der Waals surface area contributed by atoms with Crippen molar-refractivity contribution in [3.8, 4) is 10.6 Å². The number of alkyl halides is 3. The number of benzene rings is 1. The van der Waals surface area contributed by atoms with Crippen LogP contribution in [0.4, 0.5) is 17.6 Å². The van der Waals surface area contributed by atoms with Gasteiger partial charge in [0.2, 0.25) is 0 Å². The van der Waals surface area contributed by atoms with Gasteiger partial charge in [-0.2, -0.15) is 13.2 Å². The highest BCUT2D eigenvalue weighted by molar-refractivity contribution is 7.15. The Balaban J connectivity index is 2.49. The average Bonchev–Trinajstić information content (AvgIpc) is 2.77. The Labute approximate surface area is 117 Å². The van der Waals surface area contributed by atoms with Gasteiger partial charge in [-0.25, -0.2) is 9.37 Å². The second-order valence-electron chi connectivity index (χ2n) is 4.28. The molecular weight excluding hydrogens is 292 g/mol. The Hall–Kier alpha value is -1.47. The summed E-state index contributed by atoms with van der Waals surface area (Å²) in [4.78, 5) is 3.79. The standard InChI is InChI=1S/C13H12F4N2S/c1-7-5-8(3-4-9(7)14)12-19-11(13(15,16)17)10(20-12)6-18-2/h3-5,18H,6H2,1-2H3. The highest BCUT2D eigenvalue weighted by atomic mass is 32.1. The molecule has 2 nitrogen and oxygen atoms in total. The van der Waals surface area contributed by atoms with Crippen LogP contribution in [0.3, 0.4) is 0 Å². The fourth-order valence-corrected chi connectivity index (χ4v) is 2.84. The summed E-state index contributed by atoms with van der Waals surface area (Å²) in [6.45, 7) is 1.65. The third kappa shape index (κ3) is 2.99. The van der Waals surface area contributed by atoms with Gasteiger partial charge in [-0.05, 0) is 37.7 Å². The molecule has 0 saturated heterocycles. The van der Waals surface area contributed by atoms with Gasteiger partial charge in [0.25, 0.3) is 0 Å². The van der Waals surface area contributed by atoms with E-state index in [9.17, 15) is 17.6 Å². The third-order valence-corrected chi connectivity index (χ3v) is 3.81. The second-order valence-corrected chi connectivity index (χ2v) is 5.37. The summed E-state index contributed by atoms with van der Waals surface area (Å²) in [6, 6.07) is 4.17. The lowest BCUT2D eigenvalue weighted by Crippen LogP contribution is -2.12. The first-order valence-corrected chi connectivity index (χ1v) is 6.62. The minimum atomic E-state index is -4.49. The molecule has 0 unspecified atom stereocenters. The van der Waals surface area contributed by atoms with Crippen molar-refractivity contribution in [3.05, 3.63) is 40.2 Å². The van der Waals surface area contributed by atoms with Crippen LogP contribution in [0.15, 0.2) is 18.2 Å². The van der Waals surface area contributed by atoms with Gasteiger partial charge < -0.3 is 5.32 Å². The van der Waals surface area contributed by atoms with Crippen molar-refractivity contribution in [2.75, 3.05) is 7.05 Å². The summed E-state index contributed by atoms with van der Waals surface area (Å²) in [6.07, 6.45) is -4.49. The van der Waals surface area contributed by atoms with Crippen molar-refractivity contribution >= 4 is 11.3 Å². The number of nitrogens with one attached hydrogen (secondary N) is 1. The van der Waals surface area contributed by atoms with Crippen LogP contribution < -0.4 is 5.32 Å². The van der Waals surface area contributed by atoms with Crippen molar-refractivity contribution in [2.45, 2.75) is 19.6 Å². The van der Waals surface area contributed by atoms with Crippen molar-refractivity contribution in [1.29, 1.82) is 0 Å². The van der Waals surface area contributed by atoms with Crippen LogP contribution in [0, 0.1) is 12.7 Å². The largest absolute Gasteiger partial charge is 0.434 e. The van der Waals surface area contributed by atoms with E-state index in [4.69, 9.17) is 0 Å². The van der Waals surface area contributed by atoms with E-state index in [1.165, 1.54) is 18.2 Å². The molecule has 108 valence electrons. The van der Waals surface area contributed by atoms with E-state index in [0.29, 0.717) is 11.1 Å². The molecule has 1 aromatic heterocycles. The predicted molar refractivity (Wildman–Crippen MR) is 70.0 cm³/mol. The Kier molecular flexibility index (Phi) is 4.10. The van der Waals surface area contributed by atoms with E-state index >= 15 is 0 Å². The molecule has 0 fully saturated rings. The molecule has 1 heterocycles. The maximum Gasteiger partial charge on any atom is 0.434 e. The fraction of sp³-hybridized carbons (Fsp3) is 0.308. The molecule has 0 aliphatic rings. The number of halogens is 4. The van der Waals surface area contributed by atoms with E-state index in [1.54, 1.807) is 14.0 Å². The topological polar surface area (TPSA) is 24.9 Å². The SMILES string of the molecule is CNCc1sc(-c2ccc(F)c(C)c2)nc1C(F)(F)F. The van der Waals surface area contributed by atoms with E-state index in [1.807, 2.05) is 0 Å². The van der Waals surface area contributed by atoms with Crippen LogP contribution in [0.2, 0.25) is 0 Å². The molecular formula is C13H12F4N2S. The number of nitrogens with zero attached hydrogens (tertiary/aromatic N) is 1. The number of hydrogen-bond acceptors (Lipinski definition) is 3. The minimum absolute atomic E-state index is 0.0900. The van der Waals surface area contributed by atoms with Gasteiger partial charge in [0.05, 0.1) is 4.88 Å². The minimum Gasteiger partial charge on any atom is -0.315 e. The number of thiazole rings is 1. The smallest absolute Gasteiger partial charge is 0.315 e. The Morgan fingerprint density at radius 3 is 2.55 bits per heavy atom. The van der Waals surface area contributed by atoms with E-state index < -0.39 is 17.7 Å². The van der Waals surface area contributed by atoms with Gasteiger partial charge in [0, 0.05) is 12.1 Å². The van der Waals surface area contributed by atoms with Crippen molar-refractivity contribution in [2.24, 2.45) is 0 Å². The molecule has 0 atom stereocenters. The lowest BCUT2D eigenvalue weighted by atomic mass is 10.1. The summed E-state index contributed by atoms with van der Waals surface area (Å²) in [5.41, 5.74) is -0.0167. The normalized spacial score (nSPS) is 11.9. The monoisotopic (exact) mass is 304 g/mol. The van der Waals surface area contributed by atoms with Gasteiger partial charge >= 0.3 is 6.18 Å². The van der Waals surface area contributed by atoms with Crippen LogP contribution in [-0.2, 0) is 12.7 Å². The van der Waals surface area contributed by atoms with Crippen LogP contribution >= 0.6 is 11.3 Å². The van der Waals surface area contributed by atoms with Gasteiger partial charge in [0.15, 0.2) is 5.69 Å². The average molecular weight is 304 g/mol. The fourth-order valence-electron chi connectivity index (χ4n) is 1.75. The molecule has 0 radical (unpaired) electrons. The molecule has 1 aromatic carbocycles. The summed E-state index contributed by atoms with van der Waals surface area (Å²) in [5, 5.41) is 2.93. The first-order chi connectivity index (χ1) is 9.32. The molecule has 7 heteroatoms. The summed E-state index contributed by atoms with van der Waals surface area (Å²) >= 11 is 0.963. The maximum atomic E-state index is 13.2. The zero-order valence-electron chi connectivity index (χ0n) is 10.8. The zero-order valence-corrected chi connectivity index (χ0v) is 11.6. The summed E-state index contributed by atoms with van der Waals surface area (Å²) in [5.74, 6) is -0.392. The molecule has 0 aliphatic heterocycles. The third-order valence-electron chi connectivity index (χ3n) is 2.71. The highest BCUT2D eigenvalue weighted by Crippen LogP contribution is 2.37. The Morgan fingerprint density at radius 2 is 2.00 bits per heavy atom. The second kappa shape index (κ2) is 5.49.